The molecule has 220 valence electrons. The van der Waals surface area contributed by atoms with Gasteiger partial charge in [0, 0.05) is 25.8 Å². The van der Waals surface area contributed by atoms with Crippen LogP contribution in [0.5, 0.6) is 5.75 Å². The van der Waals surface area contributed by atoms with Gasteiger partial charge in [-0.05, 0) is 42.7 Å². The molecule has 9 nitrogen and oxygen atoms in total. The van der Waals surface area contributed by atoms with Gasteiger partial charge in [0.15, 0.2) is 0 Å². The van der Waals surface area contributed by atoms with Crippen LogP contribution in [0.3, 0.4) is 0 Å². The lowest BCUT2D eigenvalue weighted by molar-refractivity contribution is -0.152. The van der Waals surface area contributed by atoms with E-state index in [4.69, 9.17) is 9.47 Å². The highest BCUT2D eigenvalue weighted by Crippen LogP contribution is 2.59. The van der Waals surface area contributed by atoms with Gasteiger partial charge >= 0.3 is 0 Å². The van der Waals surface area contributed by atoms with E-state index >= 15 is 0 Å². The van der Waals surface area contributed by atoms with Crippen molar-refractivity contribution in [3.05, 3.63) is 84.5 Å². The zero-order valence-electron chi connectivity index (χ0n) is 24.2. The second kappa shape index (κ2) is 10.7. The summed E-state index contributed by atoms with van der Waals surface area (Å²) in [5, 5.41) is 10.7. The number of hydrogen-bond acceptors (Lipinski definition) is 6. The maximum atomic E-state index is 14.7. The Morgan fingerprint density at radius 3 is 2.33 bits per heavy atom. The minimum absolute atomic E-state index is 0.182. The molecular weight excluding hydrogens is 534 g/mol. The van der Waals surface area contributed by atoms with Crippen LogP contribution in [0.4, 0.5) is 5.69 Å². The van der Waals surface area contributed by atoms with Crippen molar-refractivity contribution >= 4 is 23.4 Å². The van der Waals surface area contributed by atoms with E-state index < -0.39 is 35.1 Å². The van der Waals surface area contributed by atoms with Crippen LogP contribution in [-0.2, 0) is 25.5 Å². The molecule has 0 radical (unpaired) electrons. The van der Waals surface area contributed by atoms with E-state index in [9.17, 15) is 19.5 Å². The van der Waals surface area contributed by atoms with Gasteiger partial charge in [0.05, 0.1) is 37.2 Å². The van der Waals surface area contributed by atoms with Crippen molar-refractivity contribution in [1.29, 1.82) is 0 Å². The number of aliphatic hydroxyl groups excluding tert-OH is 1. The molecular formula is C33H37N3O6. The average Bonchev–Trinajstić information content (AvgIpc) is 3.32. The number of rotatable bonds is 7. The summed E-state index contributed by atoms with van der Waals surface area (Å²) in [6.45, 7) is 2.27. The maximum Gasteiger partial charge on any atom is 0.253 e. The Kier molecular flexibility index (Phi) is 7.19. The van der Waals surface area contributed by atoms with Gasteiger partial charge in [0.1, 0.15) is 17.4 Å². The number of amides is 3. The van der Waals surface area contributed by atoms with Crippen molar-refractivity contribution in [2.24, 2.45) is 11.8 Å². The first-order valence-electron chi connectivity index (χ1n) is 14.5. The van der Waals surface area contributed by atoms with Gasteiger partial charge in [-0.3, -0.25) is 14.4 Å². The van der Waals surface area contributed by atoms with Crippen LogP contribution < -0.4 is 9.64 Å². The third kappa shape index (κ3) is 4.17. The number of likely N-dealkylation sites (tertiary alicyclic amines) is 1. The van der Waals surface area contributed by atoms with Crippen molar-refractivity contribution in [2.75, 3.05) is 38.8 Å². The summed E-state index contributed by atoms with van der Waals surface area (Å²) < 4.78 is 12.3. The third-order valence-corrected chi connectivity index (χ3v) is 9.38. The van der Waals surface area contributed by atoms with Crippen LogP contribution in [-0.4, -0.2) is 89.8 Å². The van der Waals surface area contributed by atoms with E-state index in [-0.39, 0.29) is 30.9 Å². The third-order valence-electron chi connectivity index (χ3n) is 9.38. The number of carbonyl (C=O) groups excluding carboxylic acids is 3. The highest BCUT2D eigenvalue weighted by Gasteiger charge is 2.75. The van der Waals surface area contributed by atoms with Crippen LogP contribution >= 0.6 is 0 Å². The molecule has 0 aromatic heterocycles. The predicted molar refractivity (Wildman–Crippen MR) is 157 cm³/mol. The number of benzene rings is 2. The van der Waals surface area contributed by atoms with Crippen LogP contribution in [0.15, 0.2) is 78.9 Å². The van der Waals surface area contributed by atoms with Crippen molar-refractivity contribution in [2.45, 2.75) is 43.1 Å². The average molecular weight is 572 g/mol. The molecule has 2 fully saturated rings. The summed E-state index contributed by atoms with van der Waals surface area (Å²) in [6.07, 6.45) is 8.34. The smallest absolute Gasteiger partial charge is 0.253 e. The van der Waals surface area contributed by atoms with Crippen molar-refractivity contribution in [1.82, 2.24) is 9.80 Å². The van der Waals surface area contributed by atoms with E-state index in [1.54, 1.807) is 36.1 Å². The van der Waals surface area contributed by atoms with Gasteiger partial charge in [-0.1, -0.05) is 61.6 Å². The monoisotopic (exact) mass is 571 g/mol. The molecule has 2 aromatic rings. The van der Waals surface area contributed by atoms with E-state index in [0.29, 0.717) is 30.8 Å². The standard InChI is InChI=1S/C33H37N3O6/c1-4-32-16-8-18-34(2)29(38)26(32)27-30(39)36(24(21-37)20-22-10-6-5-7-11-22)28-31(40)35(19-9-17-33(27,28)42-32)23-12-14-25(41-3)15-13-23/h5-17,24,26-28,37H,4,18-21H2,1-3H3/t24-,26-,27+,28?,32+,33+/m1/s1. The van der Waals surface area contributed by atoms with Crippen LogP contribution in [0.1, 0.15) is 18.9 Å². The van der Waals surface area contributed by atoms with Gasteiger partial charge in [-0.15, -0.1) is 0 Å². The van der Waals surface area contributed by atoms with E-state index in [2.05, 4.69) is 0 Å². The number of carbonyl (C=O) groups is 3. The Labute approximate surface area is 246 Å². The quantitative estimate of drug-likeness (QED) is 0.513. The normalized spacial score (nSPS) is 31.0. The molecule has 6 atom stereocenters. The molecule has 0 bridgehead atoms. The van der Waals surface area contributed by atoms with Crippen LogP contribution in [0.2, 0.25) is 0 Å². The summed E-state index contributed by atoms with van der Waals surface area (Å²) >= 11 is 0. The van der Waals surface area contributed by atoms with Crippen molar-refractivity contribution in [3.8, 4) is 5.75 Å². The van der Waals surface area contributed by atoms with Crippen molar-refractivity contribution < 1.29 is 29.0 Å². The minimum atomic E-state index is -1.39. The summed E-state index contributed by atoms with van der Waals surface area (Å²) in [4.78, 5) is 48.2. The van der Waals surface area contributed by atoms with E-state index in [1.807, 2.05) is 73.7 Å². The van der Waals surface area contributed by atoms with Gasteiger partial charge in [0.2, 0.25) is 11.8 Å². The zero-order chi connectivity index (χ0) is 29.6. The molecule has 2 saturated heterocycles. The number of fused-ring (bicyclic) bond motifs is 2. The Bertz CT molecular complexity index is 1430. The number of nitrogens with zero attached hydrogens (tertiary/aromatic N) is 3. The molecule has 4 aliphatic rings. The van der Waals surface area contributed by atoms with Gasteiger partial charge < -0.3 is 29.3 Å². The topological polar surface area (TPSA) is 99.6 Å². The molecule has 4 aliphatic heterocycles. The lowest BCUT2D eigenvalue weighted by atomic mass is 9.73. The lowest BCUT2D eigenvalue weighted by Gasteiger charge is -2.40. The number of anilines is 1. The van der Waals surface area contributed by atoms with E-state index in [0.717, 1.165) is 5.56 Å². The first kappa shape index (κ1) is 28.2. The fraction of sp³-hybridized carbons (Fsp3) is 0.424. The molecule has 1 N–H and O–H groups in total. The Morgan fingerprint density at radius 1 is 0.952 bits per heavy atom. The molecule has 2 aromatic carbocycles. The Morgan fingerprint density at radius 2 is 1.67 bits per heavy atom. The van der Waals surface area contributed by atoms with Crippen LogP contribution in [0, 0.1) is 11.8 Å². The summed E-state index contributed by atoms with van der Waals surface area (Å²) in [5.74, 6) is -1.93. The van der Waals surface area contributed by atoms with Gasteiger partial charge in [-0.2, -0.15) is 0 Å². The number of likely N-dealkylation sites (N-methyl/N-ethyl adjacent to an activating group) is 1. The van der Waals surface area contributed by atoms with Crippen molar-refractivity contribution in [3.63, 3.8) is 0 Å². The molecule has 0 saturated carbocycles. The first-order chi connectivity index (χ1) is 20.3. The number of ether oxygens (including phenoxy) is 2. The van der Waals surface area contributed by atoms with E-state index in [1.165, 1.54) is 4.90 Å². The summed E-state index contributed by atoms with van der Waals surface area (Å²) in [5.41, 5.74) is -0.856. The van der Waals surface area contributed by atoms with Crippen LogP contribution in [0.25, 0.3) is 0 Å². The molecule has 9 heteroatoms. The largest absolute Gasteiger partial charge is 0.497 e. The number of aliphatic hydroxyl groups is 1. The Hall–Kier alpha value is -3.95. The Balaban J connectivity index is 1.50. The molecule has 6 rings (SSSR count). The molecule has 1 unspecified atom stereocenters. The van der Waals surface area contributed by atoms with Gasteiger partial charge in [-0.25, -0.2) is 0 Å². The highest BCUT2D eigenvalue weighted by molar-refractivity contribution is 6.06. The number of methoxy groups -OCH3 is 1. The van der Waals surface area contributed by atoms with Gasteiger partial charge in [0.25, 0.3) is 5.91 Å². The lowest BCUT2D eigenvalue weighted by Crippen LogP contribution is -2.59. The molecule has 0 aliphatic carbocycles. The minimum Gasteiger partial charge on any atom is -0.497 e. The molecule has 1 spiro atoms. The maximum absolute atomic E-state index is 14.7. The molecule has 3 amide bonds. The fourth-order valence-electron chi connectivity index (χ4n) is 7.35. The molecule has 4 heterocycles. The SMILES string of the molecule is CC[C@]12C=CCN(C)C(=O)[C@H]1[C@H]1C(=O)N([C@@H](CO)Cc3ccccc3)C3C(=O)N(c4ccc(OC)cc4)CC=C[C@@]31O2. The second-order valence-electron chi connectivity index (χ2n) is 11.6. The zero-order valence-corrected chi connectivity index (χ0v) is 24.2. The molecule has 42 heavy (non-hydrogen) atoms. The summed E-state index contributed by atoms with van der Waals surface area (Å²) in [7, 11) is 3.31. The second-order valence-corrected chi connectivity index (χ2v) is 11.6. The predicted octanol–water partition coefficient (Wildman–Crippen LogP) is 2.59. The summed E-state index contributed by atoms with van der Waals surface area (Å²) in [6, 6.07) is 15.0. The highest BCUT2D eigenvalue weighted by atomic mass is 16.5. The fourth-order valence-corrected chi connectivity index (χ4v) is 7.35. The number of hydrogen-bond donors (Lipinski definition) is 1. The first-order valence-corrected chi connectivity index (χ1v) is 14.5.